The second-order valence-electron chi connectivity index (χ2n) is 10.5. The molecule has 1 aliphatic carbocycles. The van der Waals surface area contributed by atoms with Gasteiger partial charge in [0.15, 0.2) is 0 Å². The summed E-state index contributed by atoms with van der Waals surface area (Å²) in [5.74, 6) is 0. The normalized spacial score (nSPS) is 13.4. The summed E-state index contributed by atoms with van der Waals surface area (Å²) >= 11 is 0. The summed E-state index contributed by atoms with van der Waals surface area (Å²) in [4.78, 5) is 0. The lowest BCUT2D eigenvalue weighted by molar-refractivity contribution is 0.769. The van der Waals surface area contributed by atoms with E-state index in [-0.39, 0.29) is 0 Å². The molecule has 6 aromatic rings. The second kappa shape index (κ2) is 10.0. The molecule has 0 amide bonds. The van der Waals surface area contributed by atoms with E-state index >= 15 is 0 Å². The molecule has 1 nitrogen and oxygen atoms in total. The van der Waals surface area contributed by atoms with Gasteiger partial charge in [-0.2, -0.15) is 0 Å². The van der Waals surface area contributed by atoms with Crippen LogP contribution in [-0.2, 0) is 5.41 Å². The van der Waals surface area contributed by atoms with Crippen LogP contribution < -0.4 is 0 Å². The fraction of sp³-hybridized carbons (Fsp3) is 0.0250. The van der Waals surface area contributed by atoms with Gasteiger partial charge in [0.25, 0.3) is 0 Å². The van der Waals surface area contributed by atoms with E-state index < -0.39 is 5.41 Å². The van der Waals surface area contributed by atoms with E-state index in [2.05, 4.69) is 146 Å². The van der Waals surface area contributed by atoms with E-state index in [1.54, 1.807) is 0 Å². The van der Waals surface area contributed by atoms with Gasteiger partial charge < -0.3 is 5.41 Å². The van der Waals surface area contributed by atoms with Crippen molar-refractivity contribution in [1.29, 1.82) is 5.41 Å². The Morgan fingerprint density at radius 2 is 1.17 bits per heavy atom. The van der Waals surface area contributed by atoms with Crippen LogP contribution in [-0.4, -0.2) is 6.21 Å². The standard InChI is InChI=1S/C40H29N/c1-2-28(24-25-41)36-27-38-39(34-21-13-12-20-33(34)36)35-23-22-30(29-14-6-3-7-15-29)26-37(35)40(38,31-16-8-4-9-17-31)32-18-10-5-11-19-32/h2-27,41H,1H2/b28-24+,41-25?. The van der Waals surface area contributed by atoms with Crippen LogP contribution in [0.15, 0.2) is 158 Å². The first kappa shape index (κ1) is 24.7. The average Bonchev–Trinajstić information content (AvgIpc) is 3.35. The lowest BCUT2D eigenvalue weighted by atomic mass is 9.67. The van der Waals surface area contributed by atoms with E-state index in [1.807, 2.05) is 12.2 Å². The van der Waals surface area contributed by atoms with Crippen LogP contribution in [0.5, 0.6) is 0 Å². The fourth-order valence-electron chi connectivity index (χ4n) is 6.75. The largest absolute Gasteiger partial charge is 0.309 e. The summed E-state index contributed by atoms with van der Waals surface area (Å²) in [5.41, 5.74) is 11.4. The lowest BCUT2D eigenvalue weighted by Gasteiger charge is -2.34. The third kappa shape index (κ3) is 3.74. The van der Waals surface area contributed by atoms with Crippen molar-refractivity contribution in [2.24, 2.45) is 0 Å². The predicted molar refractivity (Wildman–Crippen MR) is 174 cm³/mol. The molecule has 0 unspecified atom stereocenters. The lowest BCUT2D eigenvalue weighted by Crippen LogP contribution is -2.28. The van der Waals surface area contributed by atoms with Gasteiger partial charge in [0.05, 0.1) is 5.41 Å². The SMILES string of the molecule is C=C/C(=C\C=N)c1cc2c(c3ccccc13)-c1ccc(-c3ccccc3)cc1C2(c1ccccc1)c1ccccc1. The third-order valence-corrected chi connectivity index (χ3v) is 8.46. The molecule has 1 N–H and O–H groups in total. The monoisotopic (exact) mass is 523 g/mol. The number of nitrogens with one attached hydrogen (secondary N) is 1. The van der Waals surface area contributed by atoms with Gasteiger partial charge in [-0.3, -0.25) is 0 Å². The minimum Gasteiger partial charge on any atom is -0.309 e. The molecule has 0 atom stereocenters. The maximum absolute atomic E-state index is 7.86. The Balaban J connectivity index is 1.70. The van der Waals surface area contributed by atoms with E-state index in [4.69, 9.17) is 5.41 Å². The molecule has 0 aliphatic heterocycles. The first-order valence-electron chi connectivity index (χ1n) is 14.0. The second-order valence-corrected chi connectivity index (χ2v) is 10.5. The van der Waals surface area contributed by atoms with E-state index in [9.17, 15) is 0 Å². The van der Waals surface area contributed by atoms with Crippen molar-refractivity contribution in [2.45, 2.75) is 5.41 Å². The highest BCUT2D eigenvalue weighted by molar-refractivity contribution is 6.10. The van der Waals surface area contributed by atoms with Crippen molar-refractivity contribution in [3.63, 3.8) is 0 Å². The van der Waals surface area contributed by atoms with Gasteiger partial charge in [-0.15, -0.1) is 0 Å². The average molecular weight is 524 g/mol. The molecule has 0 radical (unpaired) electrons. The van der Waals surface area contributed by atoms with Crippen molar-refractivity contribution in [1.82, 2.24) is 0 Å². The Morgan fingerprint density at radius 3 is 1.78 bits per heavy atom. The Labute approximate surface area is 241 Å². The highest BCUT2D eigenvalue weighted by Crippen LogP contribution is 2.59. The molecule has 0 fully saturated rings. The molecule has 0 heterocycles. The molecule has 0 bridgehead atoms. The maximum atomic E-state index is 7.86. The van der Waals surface area contributed by atoms with Crippen molar-refractivity contribution in [3.8, 4) is 22.3 Å². The molecular weight excluding hydrogens is 494 g/mol. The van der Waals surface area contributed by atoms with E-state index in [0.717, 1.165) is 16.5 Å². The molecule has 41 heavy (non-hydrogen) atoms. The van der Waals surface area contributed by atoms with Gasteiger partial charge in [0.2, 0.25) is 0 Å². The van der Waals surface area contributed by atoms with E-state index in [1.165, 1.54) is 56.1 Å². The number of hydrogen-bond donors (Lipinski definition) is 1. The predicted octanol–water partition coefficient (Wildman–Crippen LogP) is 10.1. The van der Waals surface area contributed by atoms with Gasteiger partial charge in [-0.05, 0) is 84.6 Å². The molecule has 0 saturated heterocycles. The van der Waals surface area contributed by atoms with Gasteiger partial charge >= 0.3 is 0 Å². The minimum absolute atomic E-state index is 0.534. The summed E-state index contributed by atoms with van der Waals surface area (Å²) < 4.78 is 0. The Morgan fingerprint density at radius 1 is 0.585 bits per heavy atom. The van der Waals surface area contributed by atoms with Crippen molar-refractivity contribution in [2.75, 3.05) is 0 Å². The molecule has 194 valence electrons. The van der Waals surface area contributed by atoms with Gasteiger partial charge in [-0.1, -0.05) is 140 Å². The highest BCUT2D eigenvalue weighted by Gasteiger charge is 2.47. The van der Waals surface area contributed by atoms with Gasteiger partial charge in [0.1, 0.15) is 0 Å². The Bertz CT molecular complexity index is 1910. The van der Waals surface area contributed by atoms with Crippen molar-refractivity contribution >= 4 is 22.6 Å². The van der Waals surface area contributed by atoms with Crippen LogP contribution in [0.25, 0.3) is 38.6 Å². The molecule has 0 aromatic heterocycles. The number of allylic oxidation sites excluding steroid dienone is 3. The molecular formula is C40H29N. The zero-order chi connectivity index (χ0) is 27.8. The van der Waals surface area contributed by atoms with Gasteiger partial charge in [0, 0.05) is 6.21 Å². The summed E-state index contributed by atoms with van der Waals surface area (Å²) in [6.45, 7) is 4.12. The van der Waals surface area contributed by atoms with Crippen LogP contribution >= 0.6 is 0 Å². The van der Waals surface area contributed by atoms with Crippen LogP contribution in [0.3, 0.4) is 0 Å². The molecule has 0 saturated carbocycles. The maximum Gasteiger partial charge on any atom is 0.0714 e. The Hall–Kier alpha value is -5.27. The first-order valence-corrected chi connectivity index (χ1v) is 14.0. The highest BCUT2D eigenvalue weighted by atomic mass is 14.5. The summed E-state index contributed by atoms with van der Waals surface area (Å²) in [6.07, 6.45) is 5.05. The number of hydrogen-bond acceptors (Lipinski definition) is 1. The zero-order valence-corrected chi connectivity index (χ0v) is 22.7. The number of benzene rings is 6. The van der Waals surface area contributed by atoms with Crippen LogP contribution in [0.2, 0.25) is 0 Å². The smallest absolute Gasteiger partial charge is 0.0714 e. The fourth-order valence-corrected chi connectivity index (χ4v) is 6.75. The van der Waals surface area contributed by atoms with E-state index in [0.29, 0.717) is 0 Å². The van der Waals surface area contributed by atoms with Crippen LogP contribution in [0, 0.1) is 5.41 Å². The van der Waals surface area contributed by atoms with Crippen LogP contribution in [0.1, 0.15) is 27.8 Å². The summed E-state index contributed by atoms with van der Waals surface area (Å²) in [7, 11) is 0. The topological polar surface area (TPSA) is 23.9 Å². The third-order valence-electron chi connectivity index (χ3n) is 8.46. The van der Waals surface area contributed by atoms with Crippen LogP contribution in [0.4, 0.5) is 0 Å². The zero-order valence-electron chi connectivity index (χ0n) is 22.7. The minimum atomic E-state index is -0.534. The first-order chi connectivity index (χ1) is 20.3. The molecule has 7 rings (SSSR count). The Kier molecular flexibility index (Phi) is 6.06. The summed E-state index contributed by atoms with van der Waals surface area (Å²) in [5, 5.41) is 10.2. The molecule has 0 spiro atoms. The number of fused-ring (bicyclic) bond motifs is 5. The summed E-state index contributed by atoms with van der Waals surface area (Å²) in [6, 6.07) is 50.4. The molecule has 6 aromatic carbocycles. The van der Waals surface area contributed by atoms with Crippen molar-refractivity contribution in [3.05, 3.63) is 186 Å². The quantitative estimate of drug-likeness (QED) is 0.166. The molecule has 1 heteroatoms. The number of rotatable bonds is 6. The molecule has 1 aliphatic rings. The van der Waals surface area contributed by atoms with Gasteiger partial charge in [-0.25, -0.2) is 0 Å². The van der Waals surface area contributed by atoms with Crippen molar-refractivity contribution < 1.29 is 0 Å².